The van der Waals surface area contributed by atoms with Crippen molar-refractivity contribution in [2.75, 3.05) is 12.3 Å². The average molecular weight is 375 g/mol. The largest absolute Gasteiger partial charge is 0.325 e. The van der Waals surface area contributed by atoms with E-state index in [9.17, 15) is 9.13 Å². The molecule has 0 aliphatic heterocycles. The Hall–Kier alpha value is -1.14. The summed E-state index contributed by atoms with van der Waals surface area (Å²) >= 11 is 0. The van der Waals surface area contributed by atoms with E-state index >= 15 is 0 Å². The SMILES string of the molecule is O=P(O)(O)CCCc1c[n+](CCCP(=O)(O)O)nc2ccccc12. The Labute approximate surface area is 139 Å². The molecule has 132 valence electrons. The fourth-order valence-electron chi connectivity index (χ4n) is 2.48. The van der Waals surface area contributed by atoms with Crippen LogP contribution < -0.4 is 4.68 Å². The van der Waals surface area contributed by atoms with Gasteiger partial charge >= 0.3 is 15.2 Å². The Balaban J connectivity index is 2.18. The van der Waals surface area contributed by atoms with Crippen molar-refractivity contribution in [3.63, 3.8) is 0 Å². The quantitative estimate of drug-likeness (QED) is 0.403. The van der Waals surface area contributed by atoms with E-state index in [-0.39, 0.29) is 12.3 Å². The third kappa shape index (κ3) is 6.40. The van der Waals surface area contributed by atoms with Crippen LogP contribution in [0.1, 0.15) is 18.4 Å². The maximum absolute atomic E-state index is 11.0. The van der Waals surface area contributed by atoms with Crippen molar-refractivity contribution in [3.8, 4) is 0 Å². The van der Waals surface area contributed by atoms with Crippen LogP contribution >= 0.6 is 15.2 Å². The van der Waals surface area contributed by atoms with Gasteiger partial charge in [-0.1, -0.05) is 22.9 Å². The minimum Gasteiger partial charge on any atom is -0.324 e. The molecule has 4 N–H and O–H groups in total. The Morgan fingerprint density at radius 1 is 0.958 bits per heavy atom. The molecule has 0 bridgehead atoms. The van der Waals surface area contributed by atoms with E-state index in [1.807, 2.05) is 24.3 Å². The topological polar surface area (TPSA) is 132 Å². The van der Waals surface area contributed by atoms with Crippen LogP contribution in [-0.4, -0.2) is 37.0 Å². The lowest BCUT2D eigenvalue weighted by Crippen LogP contribution is -2.38. The van der Waals surface area contributed by atoms with Crippen LogP contribution in [-0.2, 0) is 22.1 Å². The molecule has 0 fully saturated rings. The first-order valence-electron chi connectivity index (χ1n) is 7.52. The summed E-state index contributed by atoms with van der Waals surface area (Å²) in [5.74, 6) is 0. The molecule has 0 aliphatic carbocycles. The Kier molecular flexibility index (Phi) is 6.26. The van der Waals surface area contributed by atoms with E-state index in [1.54, 1.807) is 10.9 Å². The summed E-state index contributed by atoms with van der Waals surface area (Å²) < 4.78 is 23.5. The lowest BCUT2D eigenvalue weighted by atomic mass is 10.1. The first-order chi connectivity index (χ1) is 11.1. The third-order valence-corrected chi connectivity index (χ3v) is 5.32. The molecule has 8 nitrogen and oxygen atoms in total. The molecule has 1 aromatic carbocycles. The Morgan fingerprint density at radius 2 is 1.58 bits per heavy atom. The van der Waals surface area contributed by atoms with Gasteiger partial charge in [0.25, 0.3) is 0 Å². The second-order valence-corrected chi connectivity index (χ2v) is 9.22. The first-order valence-corrected chi connectivity index (χ1v) is 11.1. The number of fused-ring (bicyclic) bond motifs is 1. The predicted molar refractivity (Wildman–Crippen MR) is 88.7 cm³/mol. The minimum absolute atomic E-state index is 0.179. The number of aryl methyl sites for hydroxylation is 2. The maximum atomic E-state index is 11.0. The molecule has 0 unspecified atom stereocenters. The molecule has 0 saturated carbocycles. The number of hydrogen-bond donors (Lipinski definition) is 4. The average Bonchev–Trinajstić information content (AvgIpc) is 2.44. The molecule has 0 amide bonds. The number of nitrogens with zero attached hydrogens (tertiary/aromatic N) is 2. The molecule has 0 spiro atoms. The summed E-state index contributed by atoms with van der Waals surface area (Å²) in [6.07, 6.45) is 2.53. The van der Waals surface area contributed by atoms with Gasteiger partial charge in [-0.25, -0.2) is 0 Å². The smallest absolute Gasteiger partial charge is 0.324 e. The monoisotopic (exact) mass is 375 g/mol. The highest BCUT2D eigenvalue weighted by Gasteiger charge is 2.17. The van der Waals surface area contributed by atoms with Gasteiger partial charge in [-0.2, -0.15) is 0 Å². The van der Waals surface area contributed by atoms with E-state index in [0.29, 0.717) is 25.8 Å². The van der Waals surface area contributed by atoms with Crippen molar-refractivity contribution in [3.05, 3.63) is 36.0 Å². The second-order valence-electron chi connectivity index (χ2n) is 5.67. The summed E-state index contributed by atoms with van der Waals surface area (Å²) in [5.41, 5.74) is 1.65. The number of rotatable bonds is 8. The highest BCUT2D eigenvalue weighted by atomic mass is 31.2. The predicted octanol–water partition coefficient (Wildman–Crippen LogP) is 1.20. The molecular weight excluding hydrogens is 354 g/mol. The fourth-order valence-corrected chi connectivity index (χ4v) is 3.60. The molecule has 1 aromatic heterocycles. The van der Waals surface area contributed by atoms with Gasteiger partial charge in [-0.3, -0.25) is 9.13 Å². The molecule has 10 heteroatoms. The standard InChI is InChI=1S/C14H20N2O6P2/c17-23(18,19)9-3-5-12-11-16(8-4-10-24(20,21)22)15-14-7-2-1-6-13(12)14/h1-2,6-7,11H,3-5,8-10H2,(H3-,17,18,19,20,21,22)/p+1. The molecule has 0 aliphatic rings. The summed E-state index contributed by atoms with van der Waals surface area (Å²) in [6, 6.07) is 7.44. The molecule has 2 rings (SSSR count). The molecule has 0 atom stereocenters. The fraction of sp³-hybridized carbons (Fsp3) is 0.429. The van der Waals surface area contributed by atoms with Crippen LogP contribution in [0.15, 0.2) is 30.5 Å². The zero-order valence-corrected chi connectivity index (χ0v) is 14.8. The van der Waals surface area contributed by atoms with Gasteiger partial charge in [0.15, 0.2) is 12.7 Å². The summed E-state index contributed by atoms with van der Waals surface area (Å²) in [4.78, 5) is 35.8. The highest BCUT2D eigenvalue weighted by Crippen LogP contribution is 2.36. The molecule has 2 aromatic rings. The van der Waals surface area contributed by atoms with Crippen LogP contribution in [0.25, 0.3) is 10.9 Å². The van der Waals surface area contributed by atoms with E-state index in [0.717, 1.165) is 16.5 Å². The van der Waals surface area contributed by atoms with Crippen LogP contribution in [0.3, 0.4) is 0 Å². The van der Waals surface area contributed by atoms with Crippen molar-refractivity contribution in [2.24, 2.45) is 0 Å². The summed E-state index contributed by atoms with van der Waals surface area (Å²) in [6.45, 7) is 0.363. The van der Waals surface area contributed by atoms with Gasteiger partial charge in [-0.05, 0) is 18.9 Å². The zero-order chi connectivity index (χ0) is 17.8. The van der Waals surface area contributed by atoms with Crippen LogP contribution in [0.2, 0.25) is 0 Å². The van der Waals surface area contributed by atoms with Crippen LogP contribution in [0.5, 0.6) is 0 Å². The third-order valence-electron chi connectivity index (χ3n) is 3.52. The summed E-state index contributed by atoms with van der Waals surface area (Å²) in [5, 5.41) is 5.33. The van der Waals surface area contributed by atoms with E-state index in [1.165, 1.54) is 0 Å². The Morgan fingerprint density at radius 3 is 2.25 bits per heavy atom. The lowest BCUT2D eigenvalue weighted by Gasteiger charge is -2.06. The van der Waals surface area contributed by atoms with Gasteiger partial charge in [0.05, 0.1) is 12.3 Å². The van der Waals surface area contributed by atoms with Crippen LogP contribution in [0, 0.1) is 0 Å². The maximum Gasteiger partial charge on any atom is 0.325 e. The van der Waals surface area contributed by atoms with E-state index in [2.05, 4.69) is 5.10 Å². The van der Waals surface area contributed by atoms with Gasteiger partial charge in [0, 0.05) is 22.5 Å². The number of benzene rings is 1. The second kappa shape index (κ2) is 7.83. The summed E-state index contributed by atoms with van der Waals surface area (Å²) in [7, 11) is -8.05. The first kappa shape index (κ1) is 19.2. The van der Waals surface area contributed by atoms with Crippen LogP contribution in [0.4, 0.5) is 0 Å². The minimum atomic E-state index is -4.03. The van der Waals surface area contributed by atoms with E-state index in [4.69, 9.17) is 19.6 Å². The molecule has 0 radical (unpaired) electrons. The van der Waals surface area contributed by atoms with Gasteiger partial charge in [-0.15, -0.1) is 0 Å². The molecular formula is C14H21N2O6P2+. The van der Waals surface area contributed by atoms with Crippen molar-refractivity contribution in [1.29, 1.82) is 0 Å². The molecule has 24 heavy (non-hydrogen) atoms. The van der Waals surface area contributed by atoms with Crippen molar-refractivity contribution < 1.29 is 33.4 Å². The van der Waals surface area contributed by atoms with Gasteiger partial charge < -0.3 is 19.6 Å². The lowest BCUT2D eigenvalue weighted by molar-refractivity contribution is -0.751. The van der Waals surface area contributed by atoms with Gasteiger partial charge in [0.1, 0.15) is 5.52 Å². The van der Waals surface area contributed by atoms with Gasteiger partial charge in [0.2, 0.25) is 0 Å². The molecule has 1 heterocycles. The van der Waals surface area contributed by atoms with Crippen molar-refractivity contribution in [2.45, 2.75) is 25.8 Å². The number of hydrogen-bond acceptors (Lipinski definition) is 3. The van der Waals surface area contributed by atoms with E-state index < -0.39 is 15.2 Å². The zero-order valence-electron chi connectivity index (χ0n) is 13.0. The Bertz CT molecular complexity index is 801. The molecule has 0 saturated heterocycles. The highest BCUT2D eigenvalue weighted by molar-refractivity contribution is 7.52. The number of aromatic nitrogens is 2. The van der Waals surface area contributed by atoms with Crippen molar-refractivity contribution >= 4 is 26.1 Å². The normalized spacial score (nSPS) is 12.7. The van der Waals surface area contributed by atoms with Crippen molar-refractivity contribution in [1.82, 2.24) is 5.10 Å².